The summed E-state index contributed by atoms with van der Waals surface area (Å²) >= 11 is 0. The third kappa shape index (κ3) is 2.62. The SMILES string of the molecule is CCCC1CCN(c2cc(N)ncn2)CC1. The minimum Gasteiger partial charge on any atom is -0.384 e. The van der Waals surface area contributed by atoms with E-state index in [0.717, 1.165) is 24.8 Å². The lowest BCUT2D eigenvalue weighted by Crippen LogP contribution is -2.34. The highest BCUT2D eigenvalue weighted by molar-refractivity contribution is 5.46. The number of piperidine rings is 1. The number of hydrogen-bond donors (Lipinski definition) is 1. The number of nitrogens with two attached hydrogens (primary N) is 1. The summed E-state index contributed by atoms with van der Waals surface area (Å²) < 4.78 is 0. The van der Waals surface area contributed by atoms with E-state index >= 15 is 0 Å². The van der Waals surface area contributed by atoms with E-state index in [1.54, 1.807) is 6.33 Å². The summed E-state index contributed by atoms with van der Waals surface area (Å²) in [5.74, 6) is 2.43. The van der Waals surface area contributed by atoms with Crippen LogP contribution >= 0.6 is 0 Å². The molecule has 0 amide bonds. The molecule has 1 saturated heterocycles. The maximum Gasteiger partial charge on any atom is 0.134 e. The van der Waals surface area contributed by atoms with Crippen LogP contribution in [-0.4, -0.2) is 23.1 Å². The van der Waals surface area contributed by atoms with Crippen molar-refractivity contribution in [1.29, 1.82) is 0 Å². The van der Waals surface area contributed by atoms with Gasteiger partial charge in [-0.1, -0.05) is 19.8 Å². The first-order valence-electron chi connectivity index (χ1n) is 6.12. The molecule has 1 aliphatic heterocycles. The molecule has 1 aromatic heterocycles. The van der Waals surface area contributed by atoms with E-state index < -0.39 is 0 Å². The lowest BCUT2D eigenvalue weighted by Gasteiger charge is -2.32. The van der Waals surface area contributed by atoms with Crippen LogP contribution in [0.3, 0.4) is 0 Å². The number of anilines is 2. The van der Waals surface area contributed by atoms with Gasteiger partial charge in [0.1, 0.15) is 18.0 Å². The quantitative estimate of drug-likeness (QED) is 0.847. The van der Waals surface area contributed by atoms with Gasteiger partial charge in [0, 0.05) is 19.2 Å². The summed E-state index contributed by atoms with van der Waals surface area (Å²) in [6, 6.07) is 1.86. The van der Waals surface area contributed by atoms with Gasteiger partial charge in [0.25, 0.3) is 0 Å². The zero-order chi connectivity index (χ0) is 11.4. The van der Waals surface area contributed by atoms with Crippen LogP contribution in [0.25, 0.3) is 0 Å². The van der Waals surface area contributed by atoms with E-state index in [1.807, 2.05) is 6.07 Å². The van der Waals surface area contributed by atoms with Gasteiger partial charge in [-0.05, 0) is 18.8 Å². The molecule has 1 aliphatic rings. The van der Waals surface area contributed by atoms with E-state index in [0.29, 0.717) is 5.82 Å². The van der Waals surface area contributed by atoms with E-state index in [9.17, 15) is 0 Å². The molecular weight excluding hydrogens is 200 g/mol. The Balaban J connectivity index is 1.94. The molecular formula is C12H20N4. The summed E-state index contributed by atoms with van der Waals surface area (Å²) in [4.78, 5) is 10.5. The Hall–Kier alpha value is -1.32. The van der Waals surface area contributed by atoms with E-state index in [1.165, 1.54) is 25.7 Å². The van der Waals surface area contributed by atoms with Gasteiger partial charge in [-0.2, -0.15) is 0 Å². The molecule has 2 rings (SSSR count). The molecule has 16 heavy (non-hydrogen) atoms. The summed E-state index contributed by atoms with van der Waals surface area (Å²) in [6.07, 6.45) is 6.75. The summed E-state index contributed by atoms with van der Waals surface area (Å²) in [5, 5.41) is 0. The zero-order valence-electron chi connectivity index (χ0n) is 9.89. The molecule has 0 aromatic carbocycles. The van der Waals surface area contributed by atoms with Crippen LogP contribution in [0.2, 0.25) is 0 Å². The minimum atomic E-state index is 0.556. The normalized spacial score (nSPS) is 17.7. The smallest absolute Gasteiger partial charge is 0.134 e. The van der Waals surface area contributed by atoms with Crippen molar-refractivity contribution in [3.63, 3.8) is 0 Å². The van der Waals surface area contributed by atoms with Crippen LogP contribution in [0.1, 0.15) is 32.6 Å². The van der Waals surface area contributed by atoms with Crippen molar-refractivity contribution in [2.75, 3.05) is 23.7 Å². The highest BCUT2D eigenvalue weighted by Crippen LogP contribution is 2.24. The molecule has 0 spiro atoms. The topological polar surface area (TPSA) is 55.0 Å². The Bertz CT molecular complexity index is 332. The molecule has 0 aliphatic carbocycles. The zero-order valence-corrected chi connectivity index (χ0v) is 9.89. The molecule has 1 fully saturated rings. The van der Waals surface area contributed by atoms with Gasteiger partial charge in [0.15, 0.2) is 0 Å². The first-order valence-corrected chi connectivity index (χ1v) is 6.12. The fourth-order valence-corrected chi connectivity index (χ4v) is 2.39. The third-order valence-electron chi connectivity index (χ3n) is 3.31. The highest BCUT2D eigenvalue weighted by atomic mass is 15.2. The Kier molecular flexibility index (Phi) is 3.59. The molecule has 2 heterocycles. The van der Waals surface area contributed by atoms with Crippen LogP contribution in [0, 0.1) is 5.92 Å². The first-order chi connectivity index (χ1) is 7.79. The average Bonchev–Trinajstić information content (AvgIpc) is 2.30. The lowest BCUT2D eigenvalue weighted by molar-refractivity contribution is 0.377. The van der Waals surface area contributed by atoms with E-state index in [-0.39, 0.29) is 0 Å². The van der Waals surface area contributed by atoms with E-state index in [2.05, 4.69) is 21.8 Å². The summed E-state index contributed by atoms with van der Waals surface area (Å²) in [5.41, 5.74) is 5.66. The van der Waals surface area contributed by atoms with Crippen LogP contribution in [0.15, 0.2) is 12.4 Å². The monoisotopic (exact) mass is 220 g/mol. The molecule has 1 aromatic rings. The van der Waals surface area contributed by atoms with E-state index in [4.69, 9.17) is 5.73 Å². The van der Waals surface area contributed by atoms with Gasteiger partial charge >= 0.3 is 0 Å². The molecule has 4 nitrogen and oxygen atoms in total. The Morgan fingerprint density at radius 1 is 1.38 bits per heavy atom. The van der Waals surface area contributed by atoms with Crippen molar-refractivity contribution in [1.82, 2.24) is 9.97 Å². The number of rotatable bonds is 3. The maximum absolute atomic E-state index is 5.66. The first kappa shape index (κ1) is 11.2. The van der Waals surface area contributed by atoms with Crippen molar-refractivity contribution in [2.24, 2.45) is 5.92 Å². The molecule has 88 valence electrons. The van der Waals surface area contributed by atoms with Crippen LogP contribution < -0.4 is 10.6 Å². The summed E-state index contributed by atoms with van der Waals surface area (Å²) in [7, 11) is 0. The van der Waals surface area contributed by atoms with Crippen LogP contribution in [0.5, 0.6) is 0 Å². The minimum absolute atomic E-state index is 0.556. The van der Waals surface area contributed by atoms with Crippen molar-refractivity contribution < 1.29 is 0 Å². The van der Waals surface area contributed by atoms with Gasteiger partial charge in [0.05, 0.1) is 0 Å². The lowest BCUT2D eigenvalue weighted by atomic mass is 9.92. The van der Waals surface area contributed by atoms with Gasteiger partial charge in [-0.15, -0.1) is 0 Å². The van der Waals surface area contributed by atoms with Gasteiger partial charge in [-0.3, -0.25) is 0 Å². The van der Waals surface area contributed by atoms with Crippen molar-refractivity contribution in [3.05, 3.63) is 12.4 Å². The number of hydrogen-bond acceptors (Lipinski definition) is 4. The Morgan fingerprint density at radius 3 is 2.75 bits per heavy atom. The fraction of sp³-hybridized carbons (Fsp3) is 0.667. The van der Waals surface area contributed by atoms with Crippen molar-refractivity contribution in [2.45, 2.75) is 32.6 Å². The number of nitrogen functional groups attached to an aromatic ring is 1. The van der Waals surface area contributed by atoms with Gasteiger partial charge < -0.3 is 10.6 Å². The third-order valence-corrected chi connectivity index (χ3v) is 3.31. The predicted molar refractivity (Wildman–Crippen MR) is 66.3 cm³/mol. The fourth-order valence-electron chi connectivity index (χ4n) is 2.39. The van der Waals surface area contributed by atoms with Crippen molar-refractivity contribution in [3.8, 4) is 0 Å². The predicted octanol–water partition coefficient (Wildman–Crippen LogP) is 2.08. The molecule has 4 heteroatoms. The second kappa shape index (κ2) is 5.14. The highest BCUT2D eigenvalue weighted by Gasteiger charge is 2.19. The van der Waals surface area contributed by atoms with Crippen LogP contribution in [-0.2, 0) is 0 Å². The largest absolute Gasteiger partial charge is 0.384 e. The second-order valence-electron chi connectivity index (χ2n) is 4.52. The van der Waals surface area contributed by atoms with Gasteiger partial charge in [-0.25, -0.2) is 9.97 Å². The molecule has 0 radical (unpaired) electrons. The number of nitrogens with zero attached hydrogens (tertiary/aromatic N) is 3. The maximum atomic E-state index is 5.66. The van der Waals surface area contributed by atoms with Gasteiger partial charge in [0.2, 0.25) is 0 Å². The average molecular weight is 220 g/mol. The molecule has 0 atom stereocenters. The van der Waals surface area contributed by atoms with Crippen LogP contribution in [0.4, 0.5) is 11.6 Å². The second-order valence-corrected chi connectivity index (χ2v) is 4.52. The summed E-state index contributed by atoms with van der Waals surface area (Å²) in [6.45, 7) is 4.46. The molecule has 0 saturated carbocycles. The van der Waals surface area contributed by atoms with Crippen molar-refractivity contribution >= 4 is 11.6 Å². The Labute approximate surface area is 96.9 Å². The molecule has 0 bridgehead atoms. The molecule has 0 unspecified atom stereocenters. The molecule has 2 N–H and O–H groups in total. The standard InChI is InChI=1S/C12H20N4/c1-2-3-10-4-6-16(7-5-10)12-8-11(13)14-9-15-12/h8-10H,2-7H2,1H3,(H2,13,14,15). The number of aromatic nitrogens is 2. The Morgan fingerprint density at radius 2 is 2.12 bits per heavy atom.